The van der Waals surface area contributed by atoms with Crippen LogP contribution < -0.4 is 5.73 Å². The van der Waals surface area contributed by atoms with Crippen molar-refractivity contribution in [2.45, 2.75) is 70.4 Å². The molecule has 2 aliphatic rings. The van der Waals surface area contributed by atoms with Gasteiger partial charge >= 0.3 is 0 Å². The maximum Gasteiger partial charge on any atom is 0.00964 e. The summed E-state index contributed by atoms with van der Waals surface area (Å²) in [6, 6.07) is 1.33. The largest absolute Gasteiger partial charge is 0.328 e. The lowest BCUT2D eigenvalue weighted by atomic mass is 9.90. The van der Waals surface area contributed by atoms with Gasteiger partial charge in [-0.25, -0.2) is 0 Å². The maximum absolute atomic E-state index is 5.98. The van der Waals surface area contributed by atoms with Crippen LogP contribution in [0.15, 0.2) is 0 Å². The maximum atomic E-state index is 5.98. The van der Waals surface area contributed by atoms with Gasteiger partial charge in [0.1, 0.15) is 0 Å². The zero-order valence-corrected chi connectivity index (χ0v) is 10.8. The van der Waals surface area contributed by atoms with Gasteiger partial charge in [0.2, 0.25) is 0 Å². The van der Waals surface area contributed by atoms with Crippen molar-refractivity contribution in [2.75, 3.05) is 13.1 Å². The lowest BCUT2D eigenvalue weighted by molar-refractivity contribution is 0.146. The Labute approximate surface area is 101 Å². The highest BCUT2D eigenvalue weighted by molar-refractivity contribution is 4.82. The van der Waals surface area contributed by atoms with Crippen molar-refractivity contribution in [3.63, 3.8) is 0 Å². The Bertz CT molecular complexity index is 193. The SMILES string of the molecule is CCCN(CCC1CC1)C1CCC(N)CC1. The Hall–Kier alpha value is -0.0800. The molecule has 0 heterocycles. The molecule has 2 heteroatoms. The van der Waals surface area contributed by atoms with Crippen molar-refractivity contribution in [3.05, 3.63) is 0 Å². The van der Waals surface area contributed by atoms with Crippen LogP contribution in [0, 0.1) is 5.92 Å². The highest BCUT2D eigenvalue weighted by atomic mass is 15.2. The van der Waals surface area contributed by atoms with Crippen LogP contribution in [0.2, 0.25) is 0 Å². The Morgan fingerprint density at radius 1 is 1.00 bits per heavy atom. The molecule has 0 aromatic carbocycles. The topological polar surface area (TPSA) is 29.3 Å². The van der Waals surface area contributed by atoms with Crippen molar-refractivity contribution >= 4 is 0 Å². The first kappa shape index (κ1) is 12.4. The molecule has 2 N–H and O–H groups in total. The summed E-state index contributed by atoms with van der Waals surface area (Å²) in [5.41, 5.74) is 5.98. The minimum Gasteiger partial charge on any atom is -0.328 e. The molecule has 2 saturated carbocycles. The van der Waals surface area contributed by atoms with E-state index in [0.717, 1.165) is 12.0 Å². The molecule has 16 heavy (non-hydrogen) atoms. The third-order valence-corrected chi connectivity index (χ3v) is 4.29. The fraction of sp³-hybridized carbons (Fsp3) is 1.00. The van der Waals surface area contributed by atoms with E-state index < -0.39 is 0 Å². The van der Waals surface area contributed by atoms with E-state index in [9.17, 15) is 0 Å². The highest BCUT2D eigenvalue weighted by Gasteiger charge is 2.26. The molecule has 2 nitrogen and oxygen atoms in total. The molecule has 0 bridgehead atoms. The monoisotopic (exact) mass is 224 g/mol. The van der Waals surface area contributed by atoms with E-state index in [1.165, 1.54) is 64.5 Å². The molecule has 0 unspecified atom stereocenters. The van der Waals surface area contributed by atoms with Crippen LogP contribution in [0.1, 0.15) is 58.3 Å². The zero-order valence-electron chi connectivity index (χ0n) is 10.8. The van der Waals surface area contributed by atoms with Crippen LogP contribution in [0.5, 0.6) is 0 Å². The Morgan fingerprint density at radius 2 is 1.69 bits per heavy atom. The van der Waals surface area contributed by atoms with Gasteiger partial charge in [-0.1, -0.05) is 19.8 Å². The molecule has 0 amide bonds. The first-order valence-corrected chi connectivity index (χ1v) is 7.29. The highest BCUT2D eigenvalue weighted by Crippen LogP contribution is 2.33. The molecular formula is C14H28N2. The van der Waals surface area contributed by atoms with E-state index >= 15 is 0 Å². The quantitative estimate of drug-likeness (QED) is 0.751. The molecule has 0 aliphatic heterocycles. The smallest absolute Gasteiger partial charge is 0.00964 e. The van der Waals surface area contributed by atoms with Gasteiger partial charge in [-0.2, -0.15) is 0 Å². The summed E-state index contributed by atoms with van der Waals surface area (Å²) in [6.45, 7) is 4.95. The molecule has 0 aromatic heterocycles. The summed E-state index contributed by atoms with van der Waals surface area (Å²) >= 11 is 0. The number of nitrogens with zero attached hydrogens (tertiary/aromatic N) is 1. The number of rotatable bonds is 6. The summed E-state index contributed by atoms with van der Waals surface area (Å²) in [6.07, 6.45) is 10.9. The lowest BCUT2D eigenvalue weighted by Gasteiger charge is -2.36. The first-order chi connectivity index (χ1) is 7.79. The average molecular weight is 224 g/mol. The average Bonchev–Trinajstić information content (AvgIpc) is 3.09. The predicted octanol–water partition coefficient (Wildman–Crippen LogP) is 2.77. The van der Waals surface area contributed by atoms with Crippen LogP contribution in [-0.2, 0) is 0 Å². The van der Waals surface area contributed by atoms with Crippen LogP contribution in [0.4, 0.5) is 0 Å². The molecule has 0 atom stereocenters. The third-order valence-electron chi connectivity index (χ3n) is 4.29. The zero-order chi connectivity index (χ0) is 11.4. The van der Waals surface area contributed by atoms with E-state index in [4.69, 9.17) is 5.73 Å². The van der Waals surface area contributed by atoms with E-state index in [2.05, 4.69) is 11.8 Å². The van der Waals surface area contributed by atoms with Crippen LogP contribution >= 0.6 is 0 Å². The van der Waals surface area contributed by atoms with Gasteiger partial charge in [0.15, 0.2) is 0 Å². The molecule has 0 radical (unpaired) electrons. The van der Waals surface area contributed by atoms with Gasteiger partial charge in [-0.15, -0.1) is 0 Å². The van der Waals surface area contributed by atoms with Crippen LogP contribution in [0.25, 0.3) is 0 Å². The van der Waals surface area contributed by atoms with Crippen molar-refractivity contribution < 1.29 is 0 Å². The van der Waals surface area contributed by atoms with Crippen molar-refractivity contribution in [3.8, 4) is 0 Å². The normalized spacial score (nSPS) is 30.9. The molecule has 0 saturated heterocycles. The van der Waals surface area contributed by atoms with Crippen LogP contribution in [0.3, 0.4) is 0 Å². The summed E-state index contributed by atoms with van der Waals surface area (Å²) in [5.74, 6) is 1.07. The van der Waals surface area contributed by atoms with Gasteiger partial charge in [0, 0.05) is 12.1 Å². The summed E-state index contributed by atoms with van der Waals surface area (Å²) < 4.78 is 0. The molecule has 2 fully saturated rings. The van der Waals surface area contributed by atoms with Crippen molar-refractivity contribution in [1.82, 2.24) is 4.90 Å². The second-order valence-corrected chi connectivity index (χ2v) is 5.84. The van der Waals surface area contributed by atoms with E-state index in [1.54, 1.807) is 0 Å². The fourth-order valence-corrected chi connectivity index (χ4v) is 2.99. The van der Waals surface area contributed by atoms with Crippen molar-refractivity contribution in [1.29, 1.82) is 0 Å². The molecular weight excluding hydrogens is 196 g/mol. The molecule has 0 spiro atoms. The van der Waals surface area contributed by atoms with Gasteiger partial charge in [0.05, 0.1) is 0 Å². The summed E-state index contributed by atoms with van der Waals surface area (Å²) in [4.78, 5) is 2.75. The minimum absolute atomic E-state index is 0.489. The minimum atomic E-state index is 0.489. The van der Waals surface area contributed by atoms with Gasteiger partial charge < -0.3 is 10.6 Å². The van der Waals surface area contributed by atoms with E-state index in [0.29, 0.717) is 6.04 Å². The van der Waals surface area contributed by atoms with Crippen LogP contribution in [-0.4, -0.2) is 30.1 Å². The Morgan fingerprint density at radius 3 is 2.25 bits per heavy atom. The molecule has 94 valence electrons. The molecule has 0 aromatic rings. The third kappa shape index (κ3) is 3.74. The summed E-state index contributed by atoms with van der Waals surface area (Å²) in [5, 5.41) is 0. The first-order valence-electron chi connectivity index (χ1n) is 7.29. The number of hydrogen-bond acceptors (Lipinski definition) is 2. The molecule has 2 rings (SSSR count). The van der Waals surface area contributed by atoms with Crippen molar-refractivity contribution in [2.24, 2.45) is 11.7 Å². The van der Waals surface area contributed by atoms with Gasteiger partial charge in [0.25, 0.3) is 0 Å². The van der Waals surface area contributed by atoms with Gasteiger partial charge in [-0.05, 0) is 57.5 Å². The van der Waals surface area contributed by atoms with E-state index in [1.807, 2.05) is 0 Å². The second kappa shape index (κ2) is 6.02. The predicted molar refractivity (Wildman–Crippen MR) is 69.4 cm³/mol. The summed E-state index contributed by atoms with van der Waals surface area (Å²) in [7, 11) is 0. The second-order valence-electron chi connectivity index (χ2n) is 5.84. The van der Waals surface area contributed by atoms with Gasteiger partial charge in [-0.3, -0.25) is 0 Å². The Kier molecular flexibility index (Phi) is 4.66. The molecule has 2 aliphatic carbocycles. The Balaban J connectivity index is 1.75. The lowest BCUT2D eigenvalue weighted by Crippen LogP contribution is -2.41. The number of nitrogens with two attached hydrogens (primary N) is 1. The van der Waals surface area contributed by atoms with E-state index in [-0.39, 0.29) is 0 Å². The number of hydrogen-bond donors (Lipinski definition) is 1. The standard InChI is InChI=1S/C14H28N2/c1-2-10-16(11-9-12-3-4-12)14-7-5-13(15)6-8-14/h12-14H,2-11,15H2,1H3. The fourth-order valence-electron chi connectivity index (χ4n) is 2.99.